The topological polar surface area (TPSA) is 18.5 Å². The molecule has 0 N–H and O–H groups in total. The molecule has 0 aromatic heterocycles. The van der Waals surface area contributed by atoms with Gasteiger partial charge in [-0.05, 0) is 55.5 Å². The van der Waals surface area contributed by atoms with Gasteiger partial charge < -0.3 is 9.47 Å². The van der Waals surface area contributed by atoms with Crippen LogP contribution < -0.4 is 4.74 Å². The Kier molecular flexibility index (Phi) is 4.10. The number of alkyl halides is 1. The van der Waals surface area contributed by atoms with Crippen LogP contribution in [0.5, 0.6) is 11.5 Å². The number of benzene rings is 2. The third kappa shape index (κ3) is 2.89. The van der Waals surface area contributed by atoms with Crippen LogP contribution in [0.2, 0.25) is 0 Å². The number of fused-ring (bicyclic) bond motifs is 3. The Morgan fingerprint density at radius 3 is 2.30 bits per heavy atom. The van der Waals surface area contributed by atoms with Gasteiger partial charge in [0.25, 0.3) is 0 Å². The Balaban J connectivity index is 1.57. The number of para-hydroxylation sites is 1. The smallest absolute Gasteiger partial charge is 0.127 e. The summed E-state index contributed by atoms with van der Waals surface area (Å²) in [6, 6.07) is 18.4. The largest absolute Gasteiger partial charge is 0.457 e. The van der Waals surface area contributed by atoms with E-state index in [1.54, 1.807) is 0 Å². The summed E-state index contributed by atoms with van der Waals surface area (Å²) in [6.45, 7) is 0.902. The number of hydrogen-bond donors (Lipinski definition) is 0. The molecule has 0 spiro atoms. The molecule has 3 aliphatic rings. The lowest BCUT2D eigenvalue weighted by Crippen LogP contribution is -2.50. The predicted octanol–water partition coefficient (Wildman–Crippen LogP) is 5.70. The summed E-state index contributed by atoms with van der Waals surface area (Å²) in [5, 5.41) is 0. The van der Waals surface area contributed by atoms with Crippen molar-refractivity contribution >= 4 is 22.6 Å². The first kappa shape index (κ1) is 15.5. The molecule has 2 saturated heterocycles. The maximum Gasteiger partial charge on any atom is 0.127 e. The van der Waals surface area contributed by atoms with Gasteiger partial charge in [-0.3, -0.25) is 0 Å². The number of hydrogen-bond acceptors (Lipinski definition) is 2. The van der Waals surface area contributed by atoms with Crippen LogP contribution >= 0.6 is 22.6 Å². The zero-order chi connectivity index (χ0) is 15.8. The second-order valence-corrected chi connectivity index (χ2v) is 7.62. The molecule has 0 amide bonds. The Morgan fingerprint density at radius 1 is 0.913 bits per heavy atom. The molecule has 5 rings (SSSR count). The summed E-state index contributed by atoms with van der Waals surface area (Å²) in [5.74, 6) is 1.77. The van der Waals surface area contributed by atoms with E-state index in [9.17, 15) is 0 Å². The van der Waals surface area contributed by atoms with E-state index >= 15 is 0 Å². The Bertz CT molecular complexity index is 659. The van der Waals surface area contributed by atoms with Gasteiger partial charge in [-0.2, -0.15) is 0 Å². The first-order valence-electron chi connectivity index (χ1n) is 8.27. The minimum absolute atomic E-state index is 0.0936. The van der Waals surface area contributed by atoms with E-state index in [2.05, 4.69) is 40.8 Å². The van der Waals surface area contributed by atoms with Crippen LogP contribution in [-0.4, -0.2) is 11.0 Å². The Labute approximate surface area is 151 Å². The average Bonchev–Trinajstić information content (AvgIpc) is 2.64. The van der Waals surface area contributed by atoms with Crippen molar-refractivity contribution in [1.82, 2.24) is 0 Å². The highest BCUT2D eigenvalue weighted by molar-refractivity contribution is 14.1. The van der Waals surface area contributed by atoms with Crippen molar-refractivity contribution in [1.29, 1.82) is 0 Å². The van der Waals surface area contributed by atoms with Crippen LogP contribution in [0, 0.1) is 5.41 Å². The van der Waals surface area contributed by atoms with Gasteiger partial charge in [0.1, 0.15) is 11.5 Å². The molecule has 0 unspecified atom stereocenters. The van der Waals surface area contributed by atoms with Gasteiger partial charge in [0.05, 0.1) is 12.2 Å². The van der Waals surface area contributed by atoms with Crippen molar-refractivity contribution < 1.29 is 9.47 Å². The maximum absolute atomic E-state index is 6.39. The average molecular weight is 420 g/mol. The van der Waals surface area contributed by atoms with E-state index in [4.69, 9.17) is 9.47 Å². The van der Waals surface area contributed by atoms with Crippen LogP contribution in [0.4, 0.5) is 0 Å². The standard InChI is InChI=1S/C20H21IO2/c21-14-19-9-11-20(12-10-19,22-15-19)16-5-4-8-18(13-16)23-17-6-2-1-3-7-17/h1-8,13H,9-12,14-15H2. The van der Waals surface area contributed by atoms with Crippen LogP contribution in [-0.2, 0) is 10.3 Å². The van der Waals surface area contributed by atoms with E-state index in [1.807, 2.05) is 36.4 Å². The number of halogens is 1. The highest BCUT2D eigenvalue weighted by Gasteiger charge is 2.50. The van der Waals surface area contributed by atoms with E-state index < -0.39 is 0 Å². The molecule has 23 heavy (non-hydrogen) atoms. The lowest BCUT2D eigenvalue weighted by atomic mass is 9.65. The minimum Gasteiger partial charge on any atom is -0.457 e. The molecule has 3 fully saturated rings. The summed E-state index contributed by atoms with van der Waals surface area (Å²) in [7, 11) is 0. The van der Waals surface area contributed by atoms with Crippen molar-refractivity contribution in [3.63, 3.8) is 0 Å². The van der Waals surface area contributed by atoms with Gasteiger partial charge in [-0.1, -0.05) is 52.9 Å². The molecule has 2 heterocycles. The number of ether oxygens (including phenoxy) is 2. The summed E-state index contributed by atoms with van der Waals surface area (Å²) in [5.41, 5.74) is 1.61. The third-order valence-corrected chi connectivity index (χ3v) is 7.01. The van der Waals surface area contributed by atoms with Crippen LogP contribution in [0.3, 0.4) is 0 Å². The fraction of sp³-hybridized carbons (Fsp3) is 0.400. The van der Waals surface area contributed by atoms with E-state index in [1.165, 1.54) is 22.8 Å². The molecule has 1 aliphatic carbocycles. The predicted molar refractivity (Wildman–Crippen MR) is 100 cm³/mol. The zero-order valence-corrected chi connectivity index (χ0v) is 15.3. The lowest BCUT2D eigenvalue weighted by Gasteiger charge is -2.53. The lowest BCUT2D eigenvalue weighted by molar-refractivity contribution is -0.181. The number of rotatable bonds is 4. The molecule has 3 heteroatoms. The molecule has 2 bridgehead atoms. The first-order chi connectivity index (χ1) is 11.2. The highest BCUT2D eigenvalue weighted by atomic mass is 127. The van der Waals surface area contributed by atoms with Gasteiger partial charge >= 0.3 is 0 Å². The third-order valence-electron chi connectivity index (χ3n) is 5.40. The quantitative estimate of drug-likeness (QED) is 0.467. The molecule has 0 atom stereocenters. The summed E-state index contributed by atoms with van der Waals surface area (Å²) >= 11 is 2.52. The van der Waals surface area contributed by atoms with Crippen molar-refractivity contribution in [2.45, 2.75) is 31.3 Å². The van der Waals surface area contributed by atoms with Crippen molar-refractivity contribution in [2.75, 3.05) is 11.0 Å². The minimum atomic E-state index is -0.0936. The Hall–Kier alpha value is -1.07. The molecule has 120 valence electrons. The zero-order valence-electron chi connectivity index (χ0n) is 13.1. The van der Waals surface area contributed by atoms with Gasteiger partial charge in [-0.15, -0.1) is 0 Å². The van der Waals surface area contributed by atoms with Crippen molar-refractivity contribution in [3.05, 3.63) is 60.2 Å². The fourth-order valence-corrected chi connectivity index (χ4v) is 4.76. The van der Waals surface area contributed by atoms with Crippen LogP contribution in [0.15, 0.2) is 54.6 Å². The summed E-state index contributed by atoms with van der Waals surface area (Å²) < 4.78 is 13.6. The Morgan fingerprint density at radius 2 is 1.65 bits per heavy atom. The van der Waals surface area contributed by atoms with Crippen molar-refractivity contribution in [2.24, 2.45) is 5.41 Å². The normalized spacial score (nSPS) is 29.4. The molecule has 0 radical (unpaired) electrons. The molecule has 2 aliphatic heterocycles. The fourth-order valence-electron chi connectivity index (χ4n) is 3.78. The monoisotopic (exact) mass is 420 g/mol. The molecular formula is C20H21IO2. The molecular weight excluding hydrogens is 399 g/mol. The van der Waals surface area contributed by atoms with Crippen LogP contribution in [0.1, 0.15) is 31.2 Å². The van der Waals surface area contributed by atoms with Gasteiger partial charge in [-0.25, -0.2) is 0 Å². The molecule has 2 aromatic rings. The highest BCUT2D eigenvalue weighted by Crippen LogP contribution is 2.54. The maximum atomic E-state index is 6.39. The molecule has 2 aromatic carbocycles. The van der Waals surface area contributed by atoms with E-state index in [0.29, 0.717) is 5.41 Å². The SMILES string of the molecule is ICC12CCC(c3cccc(Oc4ccccc4)c3)(CC1)OC2. The second-order valence-electron chi connectivity index (χ2n) is 6.86. The van der Waals surface area contributed by atoms with E-state index in [-0.39, 0.29) is 5.60 Å². The van der Waals surface area contributed by atoms with Crippen molar-refractivity contribution in [3.8, 4) is 11.5 Å². The van der Waals surface area contributed by atoms with Gasteiger partial charge in [0.15, 0.2) is 0 Å². The molecule has 2 nitrogen and oxygen atoms in total. The van der Waals surface area contributed by atoms with Gasteiger partial charge in [0, 0.05) is 9.84 Å². The summed E-state index contributed by atoms with van der Waals surface area (Å²) in [6.07, 6.45) is 4.81. The molecule has 1 saturated carbocycles. The van der Waals surface area contributed by atoms with Gasteiger partial charge in [0.2, 0.25) is 0 Å². The summed E-state index contributed by atoms with van der Waals surface area (Å²) in [4.78, 5) is 0. The first-order valence-corrected chi connectivity index (χ1v) is 9.80. The van der Waals surface area contributed by atoms with E-state index in [0.717, 1.165) is 30.9 Å². The van der Waals surface area contributed by atoms with Crippen LogP contribution in [0.25, 0.3) is 0 Å². The second kappa shape index (κ2) is 6.10.